The predicted molar refractivity (Wildman–Crippen MR) is 445 cm³/mol. The zero-order valence-corrected chi connectivity index (χ0v) is 69.3. The number of carbonyl (C=O) groups is 4. The number of allylic oxidation sites excluding steroid dienone is 26. The summed E-state index contributed by atoms with van der Waals surface area (Å²) in [6.07, 6.45) is 93.7. The number of phosphoric acid groups is 2. The van der Waals surface area contributed by atoms with E-state index < -0.39 is 97.5 Å². The van der Waals surface area contributed by atoms with Crippen molar-refractivity contribution in [3.8, 4) is 0 Å². The van der Waals surface area contributed by atoms with Crippen LogP contribution in [-0.4, -0.2) is 96.7 Å². The summed E-state index contributed by atoms with van der Waals surface area (Å²) in [6, 6.07) is 0. The highest BCUT2D eigenvalue weighted by atomic mass is 31.2. The van der Waals surface area contributed by atoms with Crippen LogP contribution in [0.3, 0.4) is 0 Å². The maximum Gasteiger partial charge on any atom is 0.472 e. The minimum atomic E-state index is -5.01. The van der Waals surface area contributed by atoms with Crippen LogP contribution in [0.4, 0.5) is 0 Å². The first-order chi connectivity index (χ1) is 52.7. The van der Waals surface area contributed by atoms with E-state index in [1.807, 2.05) is 18.2 Å². The maximum absolute atomic E-state index is 13.1. The average molecular weight is 1550 g/mol. The van der Waals surface area contributed by atoms with E-state index in [-0.39, 0.29) is 25.7 Å². The van der Waals surface area contributed by atoms with E-state index in [0.29, 0.717) is 32.1 Å². The van der Waals surface area contributed by atoms with E-state index in [2.05, 4.69) is 167 Å². The van der Waals surface area contributed by atoms with Gasteiger partial charge in [-0.25, -0.2) is 9.13 Å². The smallest absolute Gasteiger partial charge is 0.462 e. The summed E-state index contributed by atoms with van der Waals surface area (Å²) in [6.45, 7) is 4.56. The first-order valence-corrected chi connectivity index (χ1v) is 44.7. The van der Waals surface area contributed by atoms with Crippen LogP contribution in [0, 0.1) is 0 Å². The molecule has 3 N–H and O–H groups in total. The molecule has 616 valence electrons. The third-order valence-corrected chi connectivity index (χ3v) is 18.9. The number of aliphatic hydroxyl groups excluding tert-OH is 1. The summed E-state index contributed by atoms with van der Waals surface area (Å²) in [5.74, 6) is -2.34. The molecular formula is C89H148O17P2. The topological polar surface area (TPSA) is 237 Å². The first kappa shape index (κ1) is 103. The second kappa shape index (κ2) is 79.8. The molecule has 0 aliphatic carbocycles. The lowest BCUT2D eigenvalue weighted by Gasteiger charge is -2.21. The molecule has 19 heteroatoms. The Bertz CT molecular complexity index is 2660. The molecule has 0 rings (SSSR count). The fourth-order valence-corrected chi connectivity index (χ4v) is 12.2. The molecule has 2 unspecified atom stereocenters. The first-order valence-electron chi connectivity index (χ1n) is 41.7. The van der Waals surface area contributed by atoms with Crippen molar-refractivity contribution in [1.29, 1.82) is 0 Å². The molecule has 0 bridgehead atoms. The van der Waals surface area contributed by atoms with Gasteiger partial charge >= 0.3 is 39.5 Å². The van der Waals surface area contributed by atoms with Gasteiger partial charge in [-0.3, -0.25) is 37.3 Å². The van der Waals surface area contributed by atoms with Gasteiger partial charge in [-0.2, -0.15) is 0 Å². The van der Waals surface area contributed by atoms with Gasteiger partial charge in [0, 0.05) is 25.7 Å². The number of hydrogen-bond donors (Lipinski definition) is 3. The van der Waals surface area contributed by atoms with Crippen molar-refractivity contribution < 1.29 is 80.2 Å². The molecule has 5 atom stereocenters. The lowest BCUT2D eigenvalue weighted by atomic mass is 10.1. The summed E-state index contributed by atoms with van der Waals surface area (Å²) < 4.78 is 68.6. The number of rotatable bonds is 77. The van der Waals surface area contributed by atoms with Crippen molar-refractivity contribution in [2.24, 2.45) is 0 Å². The Hall–Kier alpha value is -5.32. The molecule has 0 saturated heterocycles. The molecule has 0 amide bonds. The van der Waals surface area contributed by atoms with Gasteiger partial charge in [0.1, 0.15) is 19.3 Å². The fourth-order valence-electron chi connectivity index (χ4n) is 10.6. The number of hydrogen-bond acceptors (Lipinski definition) is 15. The van der Waals surface area contributed by atoms with E-state index in [1.54, 1.807) is 0 Å². The lowest BCUT2D eigenvalue weighted by molar-refractivity contribution is -0.161. The highest BCUT2D eigenvalue weighted by Gasteiger charge is 2.30. The predicted octanol–water partition coefficient (Wildman–Crippen LogP) is 24.8. The normalized spacial score (nSPS) is 14.6. The number of aliphatic hydroxyl groups is 1. The quantitative estimate of drug-likeness (QED) is 0.0169. The van der Waals surface area contributed by atoms with E-state index in [1.165, 1.54) is 77.0 Å². The van der Waals surface area contributed by atoms with Crippen LogP contribution in [0.1, 0.15) is 323 Å². The Morgan fingerprint density at radius 2 is 0.500 bits per heavy atom. The molecule has 108 heavy (non-hydrogen) atoms. The summed E-state index contributed by atoms with van der Waals surface area (Å²) >= 11 is 0. The van der Waals surface area contributed by atoms with Crippen LogP contribution in [0.25, 0.3) is 0 Å². The van der Waals surface area contributed by atoms with Crippen molar-refractivity contribution in [2.75, 3.05) is 39.6 Å². The van der Waals surface area contributed by atoms with Crippen LogP contribution < -0.4 is 0 Å². The largest absolute Gasteiger partial charge is 0.472 e. The summed E-state index contributed by atoms with van der Waals surface area (Å²) in [5.41, 5.74) is 0. The Labute approximate surface area is 655 Å². The molecule has 0 spiro atoms. The highest BCUT2D eigenvalue weighted by Crippen LogP contribution is 2.45. The van der Waals surface area contributed by atoms with Crippen molar-refractivity contribution in [2.45, 2.75) is 341 Å². The molecule has 0 radical (unpaired) electrons. The van der Waals surface area contributed by atoms with Gasteiger partial charge in [0.2, 0.25) is 0 Å². The van der Waals surface area contributed by atoms with Crippen LogP contribution in [-0.2, 0) is 65.4 Å². The molecular weight excluding hydrogens is 1400 g/mol. The minimum Gasteiger partial charge on any atom is -0.462 e. The van der Waals surface area contributed by atoms with Crippen LogP contribution in [0.15, 0.2) is 158 Å². The summed E-state index contributed by atoms with van der Waals surface area (Å²) in [4.78, 5) is 73.1. The van der Waals surface area contributed by atoms with Crippen molar-refractivity contribution in [3.63, 3.8) is 0 Å². The van der Waals surface area contributed by atoms with Gasteiger partial charge in [-0.15, -0.1) is 0 Å². The SMILES string of the molecule is CC/C=C\C/C=C\C/C=C\C/C=C\C/C=C\CCCCCC(=O)O[C@H](COC(=O)CCCCCCC/C=C\CCCCCCCC)COP(=O)(O)OC[C@H](O)COP(=O)(O)OC[C@@H](COC(=O)CCCCCCC/C=C\C/C=C\CCCCC)OC(=O)CC/C=C\C/C=C\C/C=C\C/C=C\C/C=C\CCCCC. The number of esters is 4. The van der Waals surface area contributed by atoms with Crippen LogP contribution in [0.5, 0.6) is 0 Å². The van der Waals surface area contributed by atoms with E-state index >= 15 is 0 Å². The molecule has 0 aromatic rings. The average Bonchev–Trinajstić information content (AvgIpc) is 0.907. The van der Waals surface area contributed by atoms with Gasteiger partial charge in [-0.05, 0) is 167 Å². The number of carbonyl (C=O) groups excluding carboxylic acids is 4. The lowest BCUT2D eigenvalue weighted by Crippen LogP contribution is -2.30. The second-order valence-corrected chi connectivity index (χ2v) is 30.2. The Balaban J connectivity index is 5.51. The van der Waals surface area contributed by atoms with Gasteiger partial charge in [0.05, 0.1) is 26.4 Å². The number of phosphoric ester groups is 2. The zero-order valence-electron chi connectivity index (χ0n) is 67.5. The third-order valence-electron chi connectivity index (χ3n) is 17.0. The fraction of sp³-hybridized carbons (Fsp3) is 0.663. The molecule has 0 aromatic carbocycles. The maximum atomic E-state index is 13.1. The van der Waals surface area contributed by atoms with Crippen molar-refractivity contribution >= 4 is 39.5 Å². The van der Waals surface area contributed by atoms with E-state index in [4.69, 9.17) is 37.0 Å². The van der Waals surface area contributed by atoms with Crippen molar-refractivity contribution in [1.82, 2.24) is 0 Å². The number of ether oxygens (including phenoxy) is 4. The zero-order chi connectivity index (χ0) is 78.9. The molecule has 0 aromatic heterocycles. The Morgan fingerprint density at radius 3 is 0.833 bits per heavy atom. The Kier molecular flexibility index (Phi) is 75.8. The van der Waals surface area contributed by atoms with Gasteiger partial charge in [-0.1, -0.05) is 288 Å². The van der Waals surface area contributed by atoms with E-state index in [0.717, 1.165) is 161 Å². The Morgan fingerprint density at radius 1 is 0.269 bits per heavy atom. The monoisotopic (exact) mass is 1550 g/mol. The van der Waals surface area contributed by atoms with Crippen LogP contribution in [0.2, 0.25) is 0 Å². The molecule has 0 saturated carbocycles. The summed E-state index contributed by atoms with van der Waals surface area (Å²) in [5, 5.41) is 10.7. The molecule has 0 aliphatic rings. The minimum absolute atomic E-state index is 0.0368. The van der Waals surface area contributed by atoms with Gasteiger partial charge < -0.3 is 33.8 Å². The molecule has 0 aliphatic heterocycles. The second-order valence-electron chi connectivity index (χ2n) is 27.3. The highest BCUT2D eigenvalue weighted by molar-refractivity contribution is 7.47. The number of unbranched alkanes of at least 4 members (excludes halogenated alkanes) is 25. The van der Waals surface area contributed by atoms with Gasteiger partial charge in [0.15, 0.2) is 12.2 Å². The van der Waals surface area contributed by atoms with Crippen LogP contribution >= 0.6 is 15.6 Å². The third kappa shape index (κ3) is 78.8. The van der Waals surface area contributed by atoms with Gasteiger partial charge in [0.25, 0.3) is 0 Å². The molecule has 0 heterocycles. The summed E-state index contributed by atoms with van der Waals surface area (Å²) in [7, 11) is -10.0. The van der Waals surface area contributed by atoms with Crippen molar-refractivity contribution in [3.05, 3.63) is 158 Å². The molecule has 0 fully saturated rings. The standard InChI is InChI=1S/C89H148O17P2/c1-5-9-13-17-21-25-29-33-37-39-41-43-47-51-55-59-63-67-71-75-88(93)105-84(79-99-86(91)73-69-65-61-57-53-49-45-35-31-27-23-19-15-11-7-3)81-103-107(95,96)101-77-83(90)78-102-108(97,98)104-82-85(80-100-87(92)74-70-66-62-58-54-50-46-36-32-28-24-20-16-12-8-4)106-89(94)76-72-68-64-60-56-52-48-44-42-40-38-34-30-26-22-18-14-10-6-2/h9,13,21-22,24-26,28,33-38,41-46,51-52,55-56,64,68,83-85,90H,5-8,10-12,14-20,23,27,29-32,39-40,47-50,53-54,57-63,65-67,69-82H2,1-4H3,(H,95,96)(H,97,98)/b13-9-,25-21-,26-22-,28-24-,37-33-,38-34-,43-41-,44-42-,45-35-,46-36-,55-51-,56-52-,68-64-/t83-,84+,85+/m0/s1. The van der Waals surface area contributed by atoms with E-state index in [9.17, 15) is 43.2 Å². The molecule has 17 nitrogen and oxygen atoms in total.